The van der Waals surface area contributed by atoms with Crippen molar-refractivity contribution >= 4 is 34.5 Å². The lowest BCUT2D eigenvalue weighted by Crippen LogP contribution is -2.34. The van der Waals surface area contributed by atoms with Crippen molar-refractivity contribution in [3.8, 4) is 5.75 Å². The van der Waals surface area contributed by atoms with Crippen LogP contribution < -0.4 is 15.4 Å². The van der Waals surface area contributed by atoms with E-state index >= 15 is 0 Å². The molecular weight excluding hydrogens is 336 g/mol. The third-order valence-corrected chi connectivity index (χ3v) is 5.96. The first-order valence-corrected chi connectivity index (χ1v) is 9.36. The lowest BCUT2D eigenvalue weighted by atomic mass is 9.90. The summed E-state index contributed by atoms with van der Waals surface area (Å²) in [4.78, 5) is 26.4. The summed E-state index contributed by atoms with van der Waals surface area (Å²) in [6.07, 6.45) is 2.80. The third-order valence-electron chi connectivity index (χ3n) is 4.72. The monoisotopic (exact) mass is 356 g/mol. The molecule has 4 rings (SSSR count). The second-order valence-electron chi connectivity index (χ2n) is 6.82. The zero-order valence-electron chi connectivity index (χ0n) is 14.2. The highest BCUT2D eigenvalue weighted by Gasteiger charge is 2.24. The summed E-state index contributed by atoms with van der Waals surface area (Å²) in [5.74, 6) is 1.01. The van der Waals surface area contributed by atoms with E-state index in [-0.39, 0.29) is 11.8 Å². The number of hydrogen-bond donors (Lipinski definition) is 2. The minimum absolute atomic E-state index is 0.108. The van der Waals surface area contributed by atoms with Gasteiger partial charge in [-0.25, -0.2) is 0 Å². The van der Waals surface area contributed by atoms with E-state index in [0.717, 1.165) is 17.7 Å². The maximum Gasteiger partial charge on any atom is 0.265 e. The van der Waals surface area contributed by atoms with Crippen LogP contribution in [0.25, 0.3) is 0 Å². The predicted molar refractivity (Wildman–Crippen MR) is 98.6 cm³/mol. The molecular formula is C19H20N2O3S. The number of nitrogens with one attached hydrogen (secondary N) is 2. The van der Waals surface area contributed by atoms with Gasteiger partial charge in [0.05, 0.1) is 10.6 Å². The van der Waals surface area contributed by atoms with Gasteiger partial charge in [-0.1, -0.05) is 6.92 Å². The Hall–Kier alpha value is -2.34. The zero-order chi connectivity index (χ0) is 17.6. The van der Waals surface area contributed by atoms with Crippen LogP contribution in [0, 0.1) is 5.92 Å². The van der Waals surface area contributed by atoms with E-state index in [1.54, 1.807) is 36.5 Å². The van der Waals surface area contributed by atoms with E-state index < -0.39 is 6.10 Å². The summed E-state index contributed by atoms with van der Waals surface area (Å²) >= 11 is 1.59. The van der Waals surface area contributed by atoms with Crippen LogP contribution in [0.15, 0.2) is 24.3 Å². The van der Waals surface area contributed by atoms with Crippen LogP contribution in [0.3, 0.4) is 0 Å². The van der Waals surface area contributed by atoms with E-state index in [1.807, 2.05) is 6.07 Å². The van der Waals surface area contributed by atoms with Crippen LogP contribution in [0.4, 0.5) is 11.4 Å². The van der Waals surface area contributed by atoms with Crippen LogP contribution in [0.1, 0.15) is 40.4 Å². The summed E-state index contributed by atoms with van der Waals surface area (Å²) in [7, 11) is 0. The van der Waals surface area contributed by atoms with E-state index in [2.05, 4.69) is 17.6 Å². The van der Waals surface area contributed by atoms with Crippen LogP contribution in [0.5, 0.6) is 5.75 Å². The van der Waals surface area contributed by atoms with Gasteiger partial charge in [-0.15, -0.1) is 11.3 Å². The maximum absolute atomic E-state index is 12.6. The smallest absolute Gasteiger partial charge is 0.265 e. The minimum Gasteiger partial charge on any atom is -0.479 e. The second-order valence-corrected chi connectivity index (χ2v) is 7.96. The Morgan fingerprint density at radius 2 is 2.16 bits per heavy atom. The van der Waals surface area contributed by atoms with Gasteiger partial charge in [-0.2, -0.15) is 0 Å². The molecule has 2 heterocycles. The molecule has 1 aromatic carbocycles. The normalized spacial score (nSPS) is 21.6. The summed E-state index contributed by atoms with van der Waals surface area (Å²) in [6, 6.07) is 7.31. The van der Waals surface area contributed by atoms with Crippen LogP contribution in [0.2, 0.25) is 0 Å². The number of carbonyl (C=O) groups is 2. The number of carbonyl (C=O) groups excluding carboxylic acids is 2. The SMILES string of the molecule is C[C@H]1CCc2sc(C(=O)Nc3ccc4c(c3)NC(=O)[C@@H](C)O4)cc2C1. The molecule has 2 aliphatic rings. The van der Waals surface area contributed by atoms with Crippen molar-refractivity contribution in [2.45, 2.75) is 39.2 Å². The van der Waals surface area contributed by atoms with Crippen molar-refractivity contribution in [3.63, 3.8) is 0 Å². The molecule has 25 heavy (non-hydrogen) atoms. The highest BCUT2D eigenvalue weighted by Crippen LogP contribution is 2.34. The van der Waals surface area contributed by atoms with E-state index in [1.165, 1.54) is 16.9 Å². The fourth-order valence-electron chi connectivity index (χ4n) is 3.30. The zero-order valence-corrected chi connectivity index (χ0v) is 15.0. The molecule has 2 atom stereocenters. The Labute approximate surface area is 150 Å². The first-order chi connectivity index (χ1) is 12.0. The molecule has 1 aliphatic heterocycles. The Kier molecular flexibility index (Phi) is 4.00. The van der Waals surface area contributed by atoms with Gasteiger partial charge >= 0.3 is 0 Å². The van der Waals surface area contributed by atoms with Crippen LogP contribution in [-0.2, 0) is 17.6 Å². The van der Waals surface area contributed by atoms with Gasteiger partial charge in [-0.05, 0) is 61.9 Å². The number of anilines is 2. The number of ether oxygens (including phenoxy) is 1. The van der Waals surface area contributed by atoms with Gasteiger partial charge in [0, 0.05) is 10.6 Å². The molecule has 0 unspecified atom stereocenters. The number of thiophene rings is 1. The van der Waals surface area contributed by atoms with Crippen molar-refractivity contribution < 1.29 is 14.3 Å². The summed E-state index contributed by atoms with van der Waals surface area (Å²) < 4.78 is 5.53. The fourth-order valence-corrected chi connectivity index (χ4v) is 4.40. The standard InChI is InChI=1S/C19H20N2O3S/c1-10-3-6-16-12(7-10)8-17(25-16)19(23)20-13-4-5-15-14(9-13)21-18(22)11(2)24-15/h4-5,8-11H,3,6-7H2,1-2H3,(H,20,23)(H,21,22)/t10-,11+/m0/s1. The maximum atomic E-state index is 12.6. The molecule has 0 spiro atoms. The average molecular weight is 356 g/mol. The number of hydrogen-bond acceptors (Lipinski definition) is 4. The highest BCUT2D eigenvalue weighted by molar-refractivity contribution is 7.14. The van der Waals surface area contributed by atoms with Crippen molar-refractivity contribution in [2.75, 3.05) is 10.6 Å². The molecule has 1 aliphatic carbocycles. The number of fused-ring (bicyclic) bond motifs is 2. The van der Waals surface area contributed by atoms with Gasteiger partial charge in [0.1, 0.15) is 5.75 Å². The molecule has 0 bridgehead atoms. The molecule has 2 N–H and O–H groups in total. The number of amides is 2. The fraction of sp³-hybridized carbons (Fsp3) is 0.368. The summed E-state index contributed by atoms with van der Waals surface area (Å²) in [6.45, 7) is 3.96. The van der Waals surface area contributed by atoms with Crippen LogP contribution >= 0.6 is 11.3 Å². The van der Waals surface area contributed by atoms with Crippen molar-refractivity contribution in [1.82, 2.24) is 0 Å². The molecule has 0 saturated heterocycles. The lowest BCUT2D eigenvalue weighted by molar-refractivity contribution is -0.122. The Morgan fingerprint density at radius 3 is 3.00 bits per heavy atom. The molecule has 2 amide bonds. The first kappa shape index (κ1) is 16.1. The molecule has 5 nitrogen and oxygen atoms in total. The van der Waals surface area contributed by atoms with Crippen molar-refractivity contribution in [2.24, 2.45) is 5.92 Å². The van der Waals surface area contributed by atoms with Crippen molar-refractivity contribution in [1.29, 1.82) is 0 Å². The van der Waals surface area contributed by atoms with E-state index in [9.17, 15) is 9.59 Å². The average Bonchev–Trinajstić information content (AvgIpc) is 2.99. The largest absolute Gasteiger partial charge is 0.479 e. The quantitative estimate of drug-likeness (QED) is 0.859. The molecule has 130 valence electrons. The number of benzene rings is 1. The summed E-state index contributed by atoms with van der Waals surface area (Å²) in [5.41, 5.74) is 2.54. The molecule has 0 fully saturated rings. The highest BCUT2D eigenvalue weighted by atomic mass is 32.1. The van der Waals surface area contributed by atoms with Gasteiger partial charge < -0.3 is 15.4 Å². The number of aryl methyl sites for hydroxylation is 1. The van der Waals surface area contributed by atoms with Gasteiger partial charge in [0.25, 0.3) is 11.8 Å². The second kappa shape index (κ2) is 6.19. The van der Waals surface area contributed by atoms with E-state index in [0.29, 0.717) is 23.0 Å². The lowest BCUT2D eigenvalue weighted by Gasteiger charge is -2.23. The Bertz CT molecular complexity index is 858. The molecule has 0 saturated carbocycles. The molecule has 1 aromatic heterocycles. The van der Waals surface area contributed by atoms with Crippen molar-refractivity contribution in [3.05, 3.63) is 39.6 Å². The topological polar surface area (TPSA) is 67.4 Å². The molecule has 6 heteroatoms. The minimum atomic E-state index is -0.507. The third kappa shape index (κ3) is 3.14. The van der Waals surface area contributed by atoms with Gasteiger partial charge in [-0.3, -0.25) is 9.59 Å². The molecule has 2 aromatic rings. The predicted octanol–water partition coefficient (Wildman–Crippen LogP) is 3.84. The number of rotatable bonds is 2. The Balaban J connectivity index is 1.52. The van der Waals surface area contributed by atoms with E-state index in [4.69, 9.17) is 4.74 Å². The van der Waals surface area contributed by atoms with Gasteiger partial charge in [0.15, 0.2) is 6.10 Å². The Morgan fingerprint density at radius 1 is 1.32 bits per heavy atom. The van der Waals surface area contributed by atoms with Crippen LogP contribution in [-0.4, -0.2) is 17.9 Å². The van der Waals surface area contributed by atoms with Gasteiger partial charge in [0.2, 0.25) is 0 Å². The molecule has 0 radical (unpaired) electrons. The first-order valence-electron chi connectivity index (χ1n) is 8.54. The summed E-state index contributed by atoms with van der Waals surface area (Å²) in [5, 5.41) is 5.71.